The molecule has 0 atom stereocenters. The summed E-state index contributed by atoms with van der Waals surface area (Å²) < 4.78 is 2.89. The Hall–Kier alpha value is 0.120. The van der Waals surface area contributed by atoms with Crippen LogP contribution in [-0.2, 0) is 4.79 Å². The summed E-state index contributed by atoms with van der Waals surface area (Å²) in [6.45, 7) is 4.60. The first-order valence-electron chi connectivity index (χ1n) is 6.97. The Labute approximate surface area is 122 Å². The van der Waals surface area contributed by atoms with E-state index in [0.717, 1.165) is 19.0 Å². The zero-order chi connectivity index (χ0) is 13.2. The summed E-state index contributed by atoms with van der Waals surface area (Å²) in [6.07, 6.45) is 6.73. The van der Waals surface area contributed by atoms with Gasteiger partial charge in [-0.15, -0.1) is 0 Å². The van der Waals surface area contributed by atoms with Crippen LogP contribution in [0, 0.1) is 5.92 Å². The number of halogens is 1. The molecule has 0 heterocycles. The van der Waals surface area contributed by atoms with Crippen LogP contribution in [0.5, 0.6) is 0 Å². The van der Waals surface area contributed by atoms with E-state index in [0.29, 0.717) is 12.6 Å². The number of rotatable bonds is 8. The number of nitrogens with one attached hydrogen (secondary N) is 3. The van der Waals surface area contributed by atoms with E-state index in [1.807, 2.05) is 4.93 Å². The molecule has 1 rings (SSSR count). The number of carbonyl (C=O) groups is 1. The van der Waals surface area contributed by atoms with Crippen molar-refractivity contribution < 1.29 is 26.3 Å². The van der Waals surface area contributed by atoms with E-state index in [1.165, 1.54) is 32.1 Å². The fourth-order valence-corrected chi connectivity index (χ4v) is 3.27. The standard InChI is InChI=1S/C13H27IN3O/c1-3-11-4-6-12(7-5-11)16-9-8-15-10-13(18)17-14-2/h11-12,15-16H,3-10H2,1-2H3,(H,17,18)/q-1. The van der Waals surface area contributed by atoms with Crippen molar-refractivity contribution in [3.63, 3.8) is 0 Å². The van der Waals surface area contributed by atoms with Crippen LogP contribution in [0.2, 0.25) is 0 Å². The molecule has 1 saturated carbocycles. The molecule has 108 valence electrons. The Morgan fingerprint density at radius 1 is 1.22 bits per heavy atom. The summed E-state index contributed by atoms with van der Waals surface area (Å²) in [4.78, 5) is 13.3. The monoisotopic (exact) mass is 368 g/mol. The fraction of sp³-hybridized carbons (Fsp3) is 0.923. The van der Waals surface area contributed by atoms with E-state index < -0.39 is 0 Å². The predicted molar refractivity (Wildman–Crippen MR) is 71.0 cm³/mol. The topological polar surface area (TPSA) is 53.2 Å². The van der Waals surface area contributed by atoms with Crippen LogP contribution in [0.3, 0.4) is 0 Å². The Morgan fingerprint density at radius 2 is 1.94 bits per heavy atom. The van der Waals surface area contributed by atoms with Crippen molar-refractivity contribution in [1.29, 1.82) is 0 Å². The fourth-order valence-electron chi connectivity index (χ4n) is 2.48. The van der Waals surface area contributed by atoms with Gasteiger partial charge in [-0.3, -0.25) is 0 Å². The number of carbonyl (C=O) groups excluding carboxylic acids is 1. The average molecular weight is 368 g/mol. The number of hydrogen-bond donors (Lipinski definition) is 3. The van der Waals surface area contributed by atoms with Crippen LogP contribution in [0.15, 0.2) is 0 Å². The molecule has 0 spiro atoms. The molecular weight excluding hydrogens is 341 g/mol. The third-order valence-electron chi connectivity index (χ3n) is 3.64. The van der Waals surface area contributed by atoms with Crippen molar-refractivity contribution in [1.82, 2.24) is 14.2 Å². The quantitative estimate of drug-likeness (QED) is 0.199. The van der Waals surface area contributed by atoms with Gasteiger partial charge in [0, 0.05) is 0 Å². The molecule has 0 aliphatic heterocycles. The number of hydrogen-bond acceptors (Lipinski definition) is 3. The molecule has 0 unspecified atom stereocenters. The number of alkyl halides is 1. The van der Waals surface area contributed by atoms with Crippen molar-refractivity contribution in [2.24, 2.45) is 5.92 Å². The van der Waals surface area contributed by atoms with Crippen LogP contribution in [0.25, 0.3) is 0 Å². The molecule has 0 bridgehead atoms. The molecule has 0 aromatic rings. The van der Waals surface area contributed by atoms with Crippen molar-refractivity contribution in [3.8, 4) is 0 Å². The molecule has 4 nitrogen and oxygen atoms in total. The van der Waals surface area contributed by atoms with Gasteiger partial charge in [0.25, 0.3) is 0 Å². The zero-order valence-electron chi connectivity index (χ0n) is 11.6. The average Bonchev–Trinajstić information content (AvgIpc) is 2.39. The molecule has 1 aliphatic rings. The molecule has 3 N–H and O–H groups in total. The molecule has 1 aliphatic carbocycles. The Morgan fingerprint density at radius 3 is 2.56 bits per heavy atom. The van der Waals surface area contributed by atoms with Gasteiger partial charge in [0.2, 0.25) is 0 Å². The van der Waals surface area contributed by atoms with Crippen LogP contribution < -0.4 is 35.6 Å². The van der Waals surface area contributed by atoms with E-state index >= 15 is 0 Å². The van der Waals surface area contributed by atoms with Gasteiger partial charge in [-0.25, -0.2) is 0 Å². The first-order valence-corrected chi connectivity index (χ1v) is 10.2. The van der Waals surface area contributed by atoms with Crippen LogP contribution in [0.4, 0.5) is 0 Å². The van der Waals surface area contributed by atoms with Crippen LogP contribution in [-0.4, -0.2) is 36.5 Å². The molecule has 0 radical (unpaired) electrons. The summed E-state index contributed by atoms with van der Waals surface area (Å²) in [5.74, 6) is 1.09. The summed E-state index contributed by atoms with van der Waals surface area (Å²) in [5.41, 5.74) is 0. The molecule has 18 heavy (non-hydrogen) atoms. The van der Waals surface area contributed by atoms with E-state index in [-0.39, 0.29) is 27.4 Å². The Kier molecular flexibility index (Phi) is 8.96. The Bertz CT molecular complexity index is 230. The van der Waals surface area contributed by atoms with Gasteiger partial charge < -0.3 is 0 Å². The van der Waals surface area contributed by atoms with Crippen molar-refractivity contribution >= 4 is 5.91 Å². The van der Waals surface area contributed by atoms with Gasteiger partial charge in [0.15, 0.2) is 0 Å². The van der Waals surface area contributed by atoms with Crippen molar-refractivity contribution in [2.45, 2.75) is 45.1 Å². The minimum absolute atomic E-state index is 0.131. The normalized spacial score (nSPS) is 24.1. The summed E-state index contributed by atoms with van der Waals surface area (Å²) in [6, 6.07) is 0.699. The second-order valence-electron chi connectivity index (χ2n) is 4.96. The van der Waals surface area contributed by atoms with Crippen LogP contribution in [0.1, 0.15) is 39.0 Å². The SMILES string of the molecule is CCC1CCC(NCCNCC(=O)N[I-]C)CC1. The second kappa shape index (κ2) is 9.97. The molecule has 0 saturated heterocycles. The van der Waals surface area contributed by atoms with E-state index in [1.54, 1.807) is 0 Å². The zero-order valence-corrected chi connectivity index (χ0v) is 13.8. The third-order valence-corrected chi connectivity index (χ3v) is 4.79. The molecule has 0 aromatic heterocycles. The van der Waals surface area contributed by atoms with E-state index in [4.69, 9.17) is 0 Å². The van der Waals surface area contributed by atoms with Crippen LogP contribution >= 0.6 is 0 Å². The maximum atomic E-state index is 11.2. The van der Waals surface area contributed by atoms with Crippen molar-refractivity contribution in [2.75, 3.05) is 24.6 Å². The van der Waals surface area contributed by atoms with Gasteiger partial charge in [-0.2, -0.15) is 0 Å². The predicted octanol–water partition coefficient (Wildman–Crippen LogP) is -2.12. The van der Waals surface area contributed by atoms with Gasteiger partial charge in [-0.05, 0) is 0 Å². The van der Waals surface area contributed by atoms with Gasteiger partial charge in [-0.1, -0.05) is 6.92 Å². The summed E-state index contributed by atoms with van der Waals surface area (Å²) in [7, 11) is 0. The minimum atomic E-state index is -0.131. The number of amides is 1. The van der Waals surface area contributed by atoms with Gasteiger partial charge >= 0.3 is 115 Å². The Balaban J connectivity index is 1.94. The molecule has 5 heteroatoms. The summed E-state index contributed by atoms with van der Waals surface area (Å²) in [5, 5.41) is 6.76. The van der Waals surface area contributed by atoms with E-state index in [9.17, 15) is 4.79 Å². The first-order chi connectivity index (χ1) is 8.76. The maximum absolute atomic E-state index is 11.2. The van der Waals surface area contributed by atoms with Gasteiger partial charge in [0.05, 0.1) is 0 Å². The first kappa shape index (κ1) is 16.2. The van der Waals surface area contributed by atoms with E-state index in [2.05, 4.69) is 21.1 Å². The molecule has 0 aromatic carbocycles. The molecule has 1 fully saturated rings. The molecular formula is C13H27IN3O-. The molecule has 1 amide bonds. The second-order valence-corrected chi connectivity index (χ2v) is 6.58. The van der Waals surface area contributed by atoms with Crippen molar-refractivity contribution in [3.05, 3.63) is 0 Å². The summed E-state index contributed by atoms with van der Waals surface area (Å²) >= 11 is -0.131. The third kappa shape index (κ3) is 6.89. The van der Waals surface area contributed by atoms with Gasteiger partial charge in [0.1, 0.15) is 0 Å².